The minimum absolute atomic E-state index is 0.0449. The fourth-order valence-corrected chi connectivity index (χ4v) is 4.28. The van der Waals surface area contributed by atoms with Gasteiger partial charge in [-0.25, -0.2) is 9.37 Å². The van der Waals surface area contributed by atoms with Crippen molar-refractivity contribution in [3.8, 4) is 0 Å². The summed E-state index contributed by atoms with van der Waals surface area (Å²) in [4.78, 5) is 23.6. The van der Waals surface area contributed by atoms with Crippen molar-refractivity contribution in [2.45, 2.75) is 43.9 Å². The van der Waals surface area contributed by atoms with E-state index in [-0.39, 0.29) is 12.1 Å². The Morgan fingerprint density at radius 2 is 1.65 bits per heavy atom. The van der Waals surface area contributed by atoms with Crippen molar-refractivity contribution in [1.29, 1.82) is 0 Å². The summed E-state index contributed by atoms with van der Waals surface area (Å²) in [5, 5.41) is 6.86. The van der Waals surface area contributed by atoms with Gasteiger partial charge in [0.1, 0.15) is 11.6 Å². The third kappa shape index (κ3) is 5.05. The molecule has 0 spiro atoms. The second-order valence-electron chi connectivity index (χ2n) is 8.61. The minimum Gasteiger partial charge on any atom is -0.362 e. The van der Waals surface area contributed by atoms with Crippen molar-refractivity contribution >= 4 is 28.6 Å². The third-order valence-corrected chi connectivity index (χ3v) is 5.95. The van der Waals surface area contributed by atoms with E-state index in [4.69, 9.17) is 0 Å². The number of fused-ring (bicyclic) bond motifs is 1. The predicted octanol–water partition coefficient (Wildman–Crippen LogP) is 5.01. The molecule has 2 N–H and O–H groups in total. The van der Waals surface area contributed by atoms with Gasteiger partial charge < -0.3 is 15.5 Å². The first-order chi connectivity index (χ1) is 16.1. The molecule has 10 heteroatoms. The SMILES string of the molecule is CN(C)c1nc(NC2CCC(NC(=O)c3c(F)cccc3C(F)(F)F)CC2)nc2ccccc12. The molecule has 1 amide bonds. The van der Waals surface area contributed by atoms with E-state index in [9.17, 15) is 22.4 Å². The lowest BCUT2D eigenvalue weighted by atomic mass is 9.91. The first-order valence-electron chi connectivity index (χ1n) is 11.0. The van der Waals surface area contributed by atoms with Gasteiger partial charge in [-0.15, -0.1) is 0 Å². The molecule has 4 rings (SSSR count). The molecule has 2 aromatic carbocycles. The fourth-order valence-electron chi connectivity index (χ4n) is 4.28. The number of hydrogen-bond acceptors (Lipinski definition) is 5. The van der Waals surface area contributed by atoms with Crippen LogP contribution >= 0.6 is 0 Å². The molecule has 0 unspecified atom stereocenters. The summed E-state index contributed by atoms with van der Waals surface area (Å²) in [6, 6.07) is 9.93. The molecule has 1 aromatic heterocycles. The molecule has 1 fully saturated rings. The Morgan fingerprint density at radius 1 is 0.971 bits per heavy atom. The van der Waals surface area contributed by atoms with Crippen molar-refractivity contribution in [3.05, 3.63) is 59.4 Å². The van der Waals surface area contributed by atoms with Crippen LogP contribution in [0.4, 0.5) is 29.3 Å². The maximum absolute atomic E-state index is 14.1. The molecule has 0 radical (unpaired) electrons. The Morgan fingerprint density at radius 3 is 2.32 bits per heavy atom. The molecule has 0 atom stereocenters. The van der Waals surface area contributed by atoms with Gasteiger partial charge in [0.25, 0.3) is 5.91 Å². The summed E-state index contributed by atoms with van der Waals surface area (Å²) in [6.45, 7) is 0. The summed E-state index contributed by atoms with van der Waals surface area (Å²) < 4.78 is 53.8. The van der Waals surface area contributed by atoms with Crippen LogP contribution in [0.25, 0.3) is 10.9 Å². The largest absolute Gasteiger partial charge is 0.417 e. The lowest BCUT2D eigenvalue weighted by molar-refractivity contribution is -0.138. The summed E-state index contributed by atoms with van der Waals surface area (Å²) >= 11 is 0. The highest BCUT2D eigenvalue weighted by molar-refractivity contribution is 5.96. The Hall–Kier alpha value is -3.43. The van der Waals surface area contributed by atoms with Crippen LogP contribution in [0.1, 0.15) is 41.6 Å². The highest BCUT2D eigenvalue weighted by Gasteiger charge is 2.37. The van der Waals surface area contributed by atoms with Gasteiger partial charge in [-0.2, -0.15) is 18.2 Å². The summed E-state index contributed by atoms with van der Waals surface area (Å²) in [5.74, 6) is -0.946. The summed E-state index contributed by atoms with van der Waals surface area (Å²) in [5.41, 5.74) is -1.42. The van der Waals surface area contributed by atoms with E-state index in [0.717, 1.165) is 28.9 Å². The first-order valence-corrected chi connectivity index (χ1v) is 11.0. The number of halogens is 4. The minimum atomic E-state index is -4.82. The van der Waals surface area contributed by atoms with E-state index in [1.165, 1.54) is 0 Å². The van der Waals surface area contributed by atoms with Gasteiger partial charge in [0.2, 0.25) is 5.95 Å². The van der Waals surface area contributed by atoms with Crippen molar-refractivity contribution in [2.75, 3.05) is 24.3 Å². The number of anilines is 2. The standard InChI is InChI=1S/C24H25F4N5O/c1-33(2)21-16-6-3-4-9-19(16)31-23(32-21)30-15-12-10-14(11-13-15)29-22(34)20-17(24(26,27)28)7-5-8-18(20)25/h3-9,14-15H,10-13H2,1-2H3,(H,29,34)(H,30,31,32). The lowest BCUT2D eigenvalue weighted by Crippen LogP contribution is -2.41. The van der Waals surface area contributed by atoms with Crippen LogP contribution in [0.2, 0.25) is 0 Å². The summed E-state index contributed by atoms with van der Waals surface area (Å²) in [7, 11) is 3.82. The molecule has 180 valence electrons. The van der Waals surface area contributed by atoms with Gasteiger partial charge in [0.15, 0.2) is 0 Å². The second kappa shape index (κ2) is 9.44. The predicted molar refractivity (Wildman–Crippen MR) is 122 cm³/mol. The normalized spacial score (nSPS) is 18.5. The highest BCUT2D eigenvalue weighted by atomic mass is 19.4. The molecule has 1 heterocycles. The number of aromatic nitrogens is 2. The lowest BCUT2D eigenvalue weighted by Gasteiger charge is -2.30. The molecular formula is C24H25F4N5O. The van der Waals surface area contributed by atoms with Gasteiger partial charge in [-0.05, 0) is 49.9 Å². The monoisotopic (exact) mass is 475 g/mol. The Balaban J connectivity index is 1.41. The number of para-hydroxylation sites is 1. The van der Waals surface area contributed by atoms with E-state index >= 15 is 0 Å². The van der Waals surface area contributed by atoms with Crippen LogP contribution in [-0.2, 0) is 6.18 Å². The fraction of sp³-hybridized carbons (Fsp3) is 0.375. The molecule has 6 nitrogen and oxygen atoms in total. The first kappa shape index (κ1) is 23.7. The van der Waals surface area contributed by atoms with Crippen LogP contribution in [-0.4, -0.2) is 42.1 Å². The Bertz CT molecular complexity index is 1190. The zero-order valence-electron chi connectivity index (χ0n) is 18.8. The number of amides is 1. The number of alkyl halides is 3. The van der Waals surface area contributed by atoms with Crippen LogP contribution < -0.4 is 15.5 Å². The Kier molecular flexibility index (Phi) is 6.58. The van der Waals surface area contributed by atoms with Crippen molar-refractivity contribution in [1.82, 2.24) is 15.3 Å². The van der Waals surface area contributed by atoms with Crippen LogP contribution in [0.15, 0.2) is 42.5 Å². The number of carbonyl (C=O) groups is 1. The topological polar surface area (TPSA) is 70.2 Å². The maximum Gasteiger partial charge on any atom is 0.417 e. The zero-order valence-corrected chi connectivity index (χ0v) is 18.8. The number of benzene rings is 2. The second-order valence-corrected chi connectivity index (χ2v) is 8.61. The molecule has 0 aliphatic heterocycles. The molecule has 0 saturated heterocycles. The van der Waals surface area contributed by atoms with Gasteiger partial charge in [-0.1, -0.05) is 18.2 Å². The van der Waals surface area contributed by atoms with E-state index in [2.05, 4.69) is 20.6 Å². The van der Waals surface area contributed by atoms with E-state index in [0.29, 0.717) is 37.7 Å². The zero-order chi connectivity index (χ0) is 24.5. The van der Waals surface area contributed by atoms with Gasteiger partial charge in [0, 0.05) is 31.6 Å². The number of carbonyl (C=O) groups excluding carboxylic acids is 1. The highest BCUT2D eigenvalue weighted by Crippen LogP contribution is 2.33. The van der Waals surface area contributed by atoms with Gasteiger partial charge in [-0.3, -0.25) is 4.79 Å². The quantitative estimate of drug-likeness (QED) is 0.508. The molecule has 3 aromatic rings. The van der Waals surface area contributed by atoms with Crippen LogP contribution in [0.3, 0.4) is 0 Å². The third-order valence-electron chi connectivity index (χ3n) is 5.95. The van der Waals surface area contributed by atoms with Gasteiger partial charge >= 0.3 is 6.18 Å². The average Bonchev–Trinajstić information content (AvgIpc) is 2.79. The average molecular weight is 475 g/mol. The van der Waals surface area contributed by atoms with Crippen LogP contribution in [0, 0.1) is 5.82 Å². The molecule has 0 bridgehead atoms. The number of nitrogens with zero attached hydrogens (tertiary/aromatic N) is 3. The van der Waals surface area contributed by atoms with Gasteiger partial charge in [0.05, 0.1) is 16.6 Å². The van der Waals surface area contributed by atoms with E-state index in [1.807, 2.05) is 43.3 Å². The number of nitrogens with one attached hydrogen (secondary N) is 2. The Labute approximate surface area is 194 Å². The molecule has 1 aliphatic carbocycles. The van der Waals surface area contributed by atoms with Crippen molar-refractivity contribution in [2.24, 2.45) is 0 Å². The van der Waals surface area contributed by atoms with Crippen molar-refractivity contribution in [3.63, 3.8) is 0 Å². The summed E-state index contributed by atoms with van der Waals surface area (Å²) in [6.07, 6.45) is -2.44. The number of hydrogen-bond donors (Lipinski definition) is 2. The maximum atomic E-state index is 14.1. The molecule has 34 heavy (non-hydrogen) atoms. The van der Waals surface area contributed by atoms with E-state index < -0.39 is 29.0 Å². The van der Waals surface area contributed by atoms with Crippen LogP contribution in [0.5, 0.6) is 0 Å². The van der Waals surface area contributed by atoms with Crippen molar-refractivity contribution < 1.29 is 22.4 Å². The molecule has 1 saturated carbocycles. The molecule has 1 aliphatic rings. The smallest absolute Gasteiger partial charge is 0.362 e. The number of rotatable bonds is 5. The molecular weight excluding hydrogens is 450 g/mol. The van der Waals surface area contributed by atoms with E-state index in [1.54, 1.807) is 0 Å².